The molecule has 0 aliphatic carbocycles. The van der Waals surface area contributed by atoms with E-state index < -0.39 is 0 Å². The highest BCUT2D eigenvalue weighted by molar-refractivity contribution is 9.11. The van der Waals surface area contributed by atoms with Gasteiger partial charge >= 0.3 is 0 Å². The van der Waals surface area contributed by atoms with Crippen LogP contribution in [0.1, 0.15) is 20.8 Å². The highest BCUT2D eigenvalue weighted by atomic mass is 79.9. The molecule has 88 valence electrons. The van der Waals surface area contributed by atoms with Crippen LogP contribution in [0, 0.1) is 6.92 Å². The summed E-state index contributed by atoms with van der Waals surface area (Å²) in [5, 5.41) is 0.463. The molecule has 1 aromatic heterocycles. The zero-order chi connectivity index (χ0) is 12.6. The maximum Gasteiger partial charge on any atom is 0.203 e. The number of nitrogen functional groups attached to an aromatic ring is 1. The monoisotopic (exact) mass is 329 g/mol. The van der Waals surface area contributed by atoms with E-state index in [9.17, 15) is 4.79 Å². The van der Waals surface area contributed by atoms with E-state index in [2.05, 4.69) is 15.9 Å². The van der Waals surface area contributed by atoms with Gasteiger partial charge in [-0.3, -0.25) is 4.79 Å². The third kappa shape index (κ3) is 2.54. The first kappa shape index (κ1) is 12.6. The lowest BCUT2D eigenvalue weighted by Gasteiger charge is -2.01. The average molecular weight is 331 g/mol. The first-order valence-electron chi connectivity index (χ1n) is 4.84. The minimum atomic E-state index is -0.0350. The van der Waals surface area contributed by atoms with Crippen molar-refractivity contribution in [1.82, 2.24) is 0 Å². The summed E-state index contributed by atoms with van der Waals surface area (Å²) in [6, 6.07) is 6.79. The molecule has 1 aromatic carbocycles. The number of hydrogen-bond acceptors (Lipinski definition) is 3. The molecule has 2 nitrogen and oxygen atoms in total. The molecule has 2 N–H and O–H groups in total. The largest absolute Gasteiger partial charge is 0.398 e. The van der Waals surface area contributed by atoms with E-state index in [-0.39, 0.29) is 5.78 Å². The molecule has 0 unspecified atom stereocenters. The Labute approximate surface area is 117 Å². The Morgan fingerprint density at radius 1 is 1.41 bits per heavy atom. The second-order valence-corrected chi connectivity index (χ2v) is 6.41. The number of aryl methyl sites for hydroxylation is 1. The van der Waals surface area contributed by atoms with Crippen LogP contribution in [0.25, 0.3) is 0 Å². The summed E-state index contributed by atoms with van der Waals surface area (Å²) < 4.78 is 0.975. The van der Waals surface area contributed by atoms with Crippen LogP contribution in [-0.4, -0.2) is 5.78 Å². The van der Waals surface area contributed by atoms with E-state index in [1.807, 2.05) is 13.0 Å². The standard InChI is InChI=1S/C12H9BrClNOS/c1-6-4-10(17-12(6)13)11(16)7-2-3-8(14)9(15)5-7/h2-5H,15H2,1H3. The van der Waals surface area contributed by atoms with Crippen molar-refractivity contribution < 1.29 is 4.79 Å². The van der Waals surface area contributed by atoms with Crippen LogP contribution < -0.4 is 5.73 Å². The van der Waals surface area contributed by atoms with Gasteiger partial charge in [0.1, 0.15) is 0 Å². The molecule has 1 heterocycles. The third-order valence-corrected chi connectivity index (χ3v) is 4.82. The summed E-state index contributed by atoms with van der Waals surface area (Å²) in [5.74, 6) is -0.0350. The number of hydrogen-bond donors (Lipinski definition) is 1. The average Bonchev–Trinajstić information content (AvgIpc) is 2.62. The van der Waals surface area contributed by atoms with Crippen LogP contribution in [0.15, 0.2) is 28.1 Å². The summed E-state index contributed by atoms with van der Waals surface area (Å²) in [6.45, 7) is 1.95. The molecule has 2 rings (SSSR count). The number of anilines is 1. The first-order valence-corrected chi connectivity index (χ1v) is 6.83. The van der Waals surface area contributed by atoms with Crippen molar-refractivity contribution in [2.24, 2.45) is 0 Å². The molecule has 0 fully saturated rings. The topological polar surface area (TPSA) is 43.1 Å². The minimum absolute atomic E-state index is 0.0350. The van der Waals surface area contributed by atoms with Crippen molar-refractivity contribution in [3.63, 3.8) is 0 Å². The van der Waals surface area contributed by atoms with Crippen molar-refractivity contribution in [3.8, 4) is 0 Å². The fraction of sp³-hybridized carbons (Fsp3) is 0.0833. The second kappa shape index (κ2) is 4.80. The van der Waals surface area contributed by atoms with E-state index in [0.29, 0.717) is 21.2 Å². The van der Waals surface area contributed by atoms with Gasteiger partial charge in [0.05, 0.1) is 19.4 Å². The lowest BCUT2D eigenvalue weighted by atomic mass is 10.1. The summed E-state index contributed by atoms with van der Waals surface area (Å²) in [7, 11) is 0. The highest BCUT2D eigenvalue weighted by Crippen LogP contribution is 2.30. The Hall–Kier alpha value is -0.840. The maximum atomic E-state index is 12.2. The van der Waals surface area contributed by atoms with Gasteiger partial charge in [-0.15, -0.1) is 11.3 Å². The second-order valence-electron chi connectivity index (χ2n) is 3.63. The molecule has 0 radical (unpaired) electrons. The predicted octanol–water partition coefficient (Wildman–Crippen LogP) is 4.29. The van der Waals surface area contributed by atoms with Gasteiger partial charge in [0.15, 0.2) is 0 Å². The summed E-state index contributed by atoms with van der Waals surface area (Å²) in [6.07, 6.45) is 0. The van der Waals surface area contributed by atoms with E-state index in [0.717, 1.165) is 9.35 Å². The Morgan fingerprint density at radius 3 is 2.65 bits per heavy atom. The van der Waals surface area contributed by atoms with Crippen molar-refractivity contribution in [2.45, 2.75) is 6.92 Å². The van der Waals surface area contributed by atoms with Gasteiger partial charge in [-0.2, -0.15) is 0 Å². The zero-order valence-electron chi connectivity index (χ0n) is 8.96. The Kier molecular flexibility index (Phi) is 3.56. The molecule has 5 heteroatoms. The lowest BCUT2D eigenvalue weighted by molar-refractivity contribution is 0.104. The highest BCUT2D eigenvalue weighted by Gasteiger charge is 2.14. The van der Waals surface area contributed by atoms with Crippen LogP contribution in [0.3, 0.4) is 0 Å². The van der Waals surface area contributed by atoms with E-state index in [1.165, 1.54) is 11.3 Å². The smallest absolute Gasteiger partial charge is 0.203 e. The van der Waals surface area contributed by atoms with E-state index >= 15 is 0 Å². The number of nitrogens with two attached hydrogens (primary N) is 1. The van der Waals surface area contributed by atoms with E-state index in [1.54, 1.807) is 18.2 Å². The quantitative estimate of drug-likeness (QED) is 0.659. The van der Waals surface area contributed by atoms with Gasteiger partial charge < -0.3 is 5.73 Å². The molecule has 2 aromatic rings. The number of benzene rings is 1. The molecule has 0 saturated heterocycles. The third-order valence-electron chi connectivity index (χ3n) is 2.34. The number of ketones is 1. The first-order chi connectivity index (χ1) is 7.99. The van der Waals surface area contributed by atoms with E-state index in [4.69, 9.17) is 17.3 Å². The van der Waals surface area contributed by atoms with Crippen molar-refractivity contribution in [2.75, 3.05) is 5.73 Å². The molecule has 0 atom stereocenters. The SMILES string of the molecule is Cc1cc(C(=O)c2ccc(Cl)c(N)c2)sc1Br. The van der Waals surface area contributed by atoms with Crippen molar-refractivity contribution in [3.05, 3.63) is 49.1 Å². The maximum absolute atomic E-state index is 12.2. The van der Waals surface area contributed by atoms with Gasteiger partial charge in [-0.1, -0.05) is 11.6 Å². The Morgan fingerprint density at radius 2 is 2.12 bits per heavy atom. The molecular formula is C12H9BrClNOS. The summed E-state index contributed by atoms with van der Waals surface area (Å²) in [5.41, 5.74) is 7.71. The van der Waals surface area contributed by atoms with Crippen LogP contribution >= 0.6 is 38.9 Å². The molecule has 0 saturated carbocycles. The van der Waals surface area contributed by atoms with Gasteiger partial charge in [0.2, 0.25) is 5.78 Å². The number of halogens is 2. The fourth-order valence-corrected chi connectivity index (χ4v) is 3.01. The van der Waals surface area contributed by atoms with Crippen LogP contribution in [0.4, 0.5) is 5.69 Å². The molecule has 0 bridgehead atoms. The molecule has 0 spiro atoms. The number of thiophene rings is 1. The summed E-state index contributed by atoms with van der Waals surface area (Å²) >= 11 is 10.6. The summed E-state index contributed by atoms with van der Waals surface area (Å²) in [4.78, 5) is 12.9. The predicted molar refractivity (Wildman–Crippen MR) is 76.1 cm³/mol. The molecule has 0 aliphatic heterocycles. The lowest BCUT2D eigenvalue weighted by Crippen LogP contribution is -2.00. The number of rotatable bonds is 2. The van der Waals surface area contributed by atoms with Crippen LogP contribution in [-0.2, 0) is 0 Å². The van der Waals surface area contributed by atoms with Gasteiger partial charge in [0.25, 0.3) is 0 Å². The minimum Gasteiger partial charge on any atom is -0.398 e. The van der Waals surface area contributed by atoms with Gasteiger partial charge in [-0.05, 0) is 52.7 Å². The zero-order valence-corrected chi connectivity index (χ0v) is 12.1. The molecular weight excluding hydrogens is 322 g/mol. The number of carbonyl (C=O) groups is 1. The Bertz CT molecular complexity index is 575. The van der Waals surface area contributed by atoms with Gasteiger partial charge in [-0.25, -0.2) is 0 Å². The van der Waals surface area contributed by atoms with Crippen LogP contribution in [0.5, 0.6) is 0 Å². The number of carbonyl (C=O) groups excluding carboxylic acids is 1. The molecule has 0 aliphatic rings. The van der Waals surface area contributed by atoms with Crippen molar-refractivity contribution in [1.29, 1.82) is 0 Å². The van der Waals surface area contributed by atoms with Crippen molar-refractivity contribution >= 4 is 50.3 Å². The Balaban J connectivity index is 2.40. The molecule has 17 heavy (non-hydrogen) atoms. The molecule has 0 amide bonds. The fourth-order valence-electron chi connectivity index (χ4n) is 1.40. The normalized spacial score (nSPS) is 10.5. The van der Waals surface area contributed by atoms with Gasteiger partial charge in [0, 0.05) is 5.56 Å². The van der Waals surface area contributed by atoms with Crippen LogP contribution in [0.2, 0.25) is 5.02 Å².